The van der Waals surface area contributed by atoms with E-state index in [4.69, 9.17) is 4.74 Å². The number of nitrogens with one attached hydrogen (secondary N) is 1. The second-order valence-corrected chi connectivity index (χ2v) is 5.84. The summed E-state index contributed by atoms with van der Waals surface area (Å²) in [6.07, 6.45) is 1.03. The van der Waals surface area contributed by atoms with Gasteiger partial charge < -0.3 is 9.72 Å². The van der Waals surface area contributed by atoms with Crippen molar-refractivity contribution in [3.63, 3.8) is 0 Å². The van der Waals surface area contributed by atoms with E-state index in [1.165, 1.54) is 11.6 Å². The number of hydrogen-bond acceptors (Lipinski definition) is 4. The first kappa shape index (κ1) is 14.8. The number of ether oxygens (including phenoxy) is 1. The predicted molar refractivity (Wildman–Crippen MR) is 85.2 cm³/mol. The number of aromatic nitrogens is 2. The summed E-state index contributed by atoms with van der Waals surface area (Å²) < 4.78 is 5.18. The molecule has 0 amide bonds. The minimum atomic E-state index is -0.0592. The molecule has 2 heterocycles. The molecule has 2 aromatic rings. The monoisotopic (exact) mass is 299 g/mol. The van der Waals surface area contributed by atoms with Crippen molar-refractivity contribution in [1.29, 1.82) is 0 Å². The Hall–Kier alpha value is -2.14. The minimum Gasteiger partial charge on any atom is -0.497 e. The van der Waals surface area contributed by atoms with Crippen LogP contribution in [0.4, 0.5) is 0 Å². The third kappa shape index (κ3) is 3.36. The summed E-state index contributed by atoms with van der Waals surface area (Å²) in [6, 6.07) is 9.70. The molecular weight excluding hydrogens is 278 g/mol. The van der Waals surface area contributed by atoms with Gasteiger partial charge in [-0.3, -0.25) is 9.69 Å². The maximum Gasteiger partial charge on any atom is 0.251 e. The lowest BCUT2D eigenvalue weighted by molar-refractivity contribution is 0.325. The zero-order chi connectivity index (χ0) is 15.5. The first-order valence-electron chi connectivity index (χ1n) is 7.57. The zero-order valence-electron chi connectivity index (χ0n) is 13.0. The Morgan fingerprint density at radius 3 is 2.82 bits per heavy atom. The van der Waals surface area contributed by atoms with Crippen LogP contribution in [0.15, 0.2) is 35.1 Å². The van der Waals surface area contributed by atoms with Crippen LogP contribution in [0.25, 0.3) is 0 Å². The first-order valence-corrected chi connectivity index (χ1v) is 7.57. The van der Waals surface area contributed by atoms with Gasteiger partial charge in [-0.15, -0.1) is 0 Å². The van der Waals surface area contributed by atoms with Crippen molar-refractivity contribution in [2.45, 2.75) is 25.8 Å². The molecule has 1 N–H and O–H groups in total. The lowest BCUT2D eigenvalue weighted by Crippen LogP contribution is -2.21. The summed E-state index contributed by atoms with van der Waals surface area (Å²) in [5, 5.41) is 0. The van der Waals surface area contributed by atoms with Crippen LogP contribution >= 0.6 is 0 Å². The number of aromatic amines is 1. The number of likely N-dealkylation sites (tertiary alicyclic amines) is 1. The second-order valence-electron chi connectivity index (χ2n) is 5.84. The molecule has 1 aliphatic heterocycles. The number of benzene rings is 1. The van der Waals surface area contributed by atoms with Crippen molar-refractivity contribution in [1.82, 2.24) is 14.9 Å². The lowest BCUT2D eigenvalue weighted by atomic mass is 10.1. The lowest BCUT2D eigenvalue weighted by Gasteiger charge is -2.16. The summed E-state index contributed by atoms with van der Waals surface area (Å²) in [5.74, 6) is 2.01. The van der Waals surface area contributed by atoms with E-state index in [-0.39, 0.29) is 5.56 Å². The van der Waals surface area contributed by atoms with E-state index in [0.717, 1.165) is 43.3 Å². The molecule has 1 unspecified atom stereocenters. The molecule has 0 bridgehead atoms. The van der Waals surface area contributed by atoms with E-state index < -0.39 is 0 Å². The zero-order valence-corrected chi connectivity index (χ0v) is 13.0. The maximum absolute atomic E-state index is 11.6. The number of nitrogens with zero attached hydrogens (tertiary/aromatic N) is 2. The van der Waals surface area contributed by atoms with Crippen LogP contribution < -0.4 is 10.3 Å². The molecule has 1 aliphatic rings. The van der Waals surface area contributed by atoms with Gasteiger partial charge in [0.15, 0.2) is 0 Å². The Morgan fingerprint density at radius 2 is 2.14 bits per heavy atom. The molecule has 3 rings (SSSR count). The fourth-order valence-corrected chi connectivity index (χ4v) is 2.98. The van der Waals surface area contributed by atoms with Gasteiger partial charge in [-0.1, -0.05) is 12.1 Å². The molecule has 1 fully saturated rings. The average Bonchev–Trinajstić information content (AvgIpc) is 2.96. The van der Waals surface area contributed by atoms with Crippen molar-refractivity contribution >= 4 is 0 Å². The molecule has 0 spiro atoms. The molecule has 22 heavy (non-hydrogen) atoms. The largest absolute Gasteiger partial charge is 0.497 e. The minimum absolute atomic E-state index is 0.0592. The third-order valence-electron chi connectivity index (χ3n) is 4.11. The number of methoxy groups -OCH3 is 1. The van der Waals surface area contributed by atoms with E-state index in [1.54, 1.807) is 7.11 Å². The first-order chi connectivity index (χ1) is 10.6. The SMILES string of the molecule is COc1ccc(CN2CCC(c3nc(C)cc(=O)[nH]3)C2)cc1. The summed E-state index contributed by atoms with van der Waals surface area (Å²) in [4.78, 5) is 21.3. The number of H-pyrrole nitrogens is 1. The number of hydrogen-bond donors (Lipinski definition) is 1. The molecule has 116 valence electrons. The van der Waals surface area contributed by atoms with Crippen LogP contribution in [0, 0.1) is 6.92 Å². The van der Waals surface area contributed by atoms with Crippen LogP contribution in [0.2, 0.25) is 0 Å². The highest BCUT2D eigenvalue weighted by molar-refractivity contribution is 5.27. The Balaban J connectivity index is 1.65. The van der Waals surface area contributed by atoms with Crippen LogP contribution in [0.1, 0.15) is 29.4 Å². The second kappa shape index (κ2) is 6.32. The molecule has 0 saturated carbocycles. The van der Waals surface area contributed by atoms with Crippen molar-refractivity contribution in [3.8, 4) is 5.75 Å². The fourth-order valence-electron chi connectivity index (χ4n) is 2.98. The van der Waals surface area contributed by atoms with Crippen molar-refractivity contribution in [2.24, 2.45) is 0 Å². The maximum atomic E-state index is 11.6. The van der Waals surface area contributed by atoms with Crippen LogP contribution in [-0.2, 0) is 6.54 Å². The Morgan fingerprint density at radius 1 is 1.36 bits per heavy atom. The van der Waals surface area contributed by atoms with E-state index in [9.17, 15) is 4.79 Å². The van der Waals surface area contributed by atoms with Crippen LogP contribution in [0.5, 0.6) is 5.75 Å². The van der Waals surface area contributed by atoms with Crippen LogP contribution in [-0.4, -0.2) is 35.1 Å². The Labute approximate surface area is 130 Å². The van der Waals surface area contributed by atoms with Gasteiger partial charge in [-0.05, 0) is 37.6 Å². The molecule has 1 aromatic heterocycles. The van der Waals surface area contributed by atoms with Crippen molar-refractivity contribution in [2.75, 3.05) is 20.2 Å². The highest BCUT2D eigenvalue weighted by atomic mass is 16.5. The third-order valence-corrected chi connectivity index (χ3v) is 4.11. The van der Waals surface area contributed by atoms with Gasteiger partial charge in [0.25, 0.3) is 5.56 Å². The molecule has 0 radical (unpaired) electrons. The molecular formula is C17H21N3O2. The summed E-state index contributed by atoms with van der Waals surface area (Å²) in [5.41, 5.74) is 2.00. The fraction of sp³-hybridized carbons (Fsp3) is 0.412. The molecule has 5 nitrogen and oxygen atoms in total. The predicted octanol–water partition coefficient (Wildman–Crippen LogP) is 2.08. The molecule has 5 heteroatoms. The van der Waals surface area contributed by atoms with Gasteiger partial charge in [0.05, 0.1) is 7.11 Å². The topological polar surface area (TPSA) is 58.2 Å². The highest BCUT2D eigenvalue weighted by Crippen LogP contribution is 2.25. The van der Waals surface area contributed by atoms with Crippen LogP contribution in [0.3, 0.4) is 0 Å². The molecule has 1 saturated heterocycles. The summed E-state index contributed by atoms with van der Waals surface area (Å²) >= 11 is 0. The van der Waals surface area contributed by atoms with E-state index in [1.807, 2.05) is 19.1 Å². The quantitative estimate of drug-likeness (QED) is 0.939. The van der Waals surface area contributed by atoms with Gasteiger partial charge in [0, 0.05) is 30.8 Å². The van der Waals surface area contributed by atoms with Gasteiger partial charge in [-0.25, -0.2) is 4.98 Å². The van der Waals surface area contributed by atoms with Crippen molar-refractivity contribution < 1.29 is 4.74 Å². The van der Waals surface area contributed by atoms with E-state index >= 15 is 0 Å². The standard InChI is InChI=1S/C17H21N3O2/c1-12-9-16(21)19-17(18-12)14-7-8-20(11-14)10-13-3-5-15(22-2)6-4-13/h3-6,9,14H,7-8,10-11H2,1-2H3,(H,18,19,21). The van der Waals surface area contributed by atoms with Crippen molar-refractivity contribution in [3.05, 3.63) is 57.8 Å². The van der Waals surface area contributed by atoms with Gasteiger partial charge >= 0.3 is 0 Å². The highest BCUT2D eigenvalue weighted by Gasteiger charge is 2.25. The number of rotatable bonds is 4. The Kier molecular flexibility index (Phi) is 4.24. The molecule has 1 aromatic carbocycles. The van der Waals surface area contributed by atoms with E-state index in [0.29, 0.717) is 5.92 Å². The molecule has 1 atom stereocenters. The Bertz CT molecular complexity index is 694. The normalized spacial score (nSPS) is 18.5. The average molecular weight is 299 g/mol. The van der Waals surface area contributed by atoms with Gasteiger partial charge in [0.2, 0.25) is 0 Å². The van der Waals surface area contributed by atoms with Gasteiger partial charge in [0.1, 0.15) is 11.6 Å². The van der Waals surface area contributed by atoms with Gasteiger partial charge in [-0.2, -0.15) is 0 Å². The smallest absolute Gasteiger partial charge is 0.251 e. The summed E-state index contributed by atoms with van der Waals surface area (Å²) in [6.45, 7) is 4.73. The number of aryl methyl sites for hydroxylation is 1. The van der Waals surface area contributed by atoms with E-state index in [2.05, 4.69) is 27.0 Å². The summed E-state index contributed by atoms with van der Waals surface area (Å²) in [7, 11) is 1.68. The molecule has 0 aliphatic carbocycles.